The number of aromatic nitrogens is 5. The molecule has 0 spiro atoms. The molecule has 35 heavy (non-hydrogen) atoms. The maximum atomic E-state index is 13.3. The summed E-state index contributed by atoms with van der Waals surface area (Å²) >= 11 is 1.42. The highest BCUT2D eigenvalue weighted by Crippen LogP contribution is 2.30. The van der Waals surface area contributed by atoms with Gasteiger partial charge >= 0.3 is 0 Å². The summed E-state index contributed by atoms with van der Waals surface area (Å²) in [5.74, 6) is 1.10. The lowest BCUT2D eigenvalue weighted by Gasteiger charge is -2.15. The minimum Gasteiger partial charge on any atom is -0.376 e. The average Bonchev–Trinajstić information content (AvgIpc) is 3.60. The van der Waals surface area contributed by atoms with Crippen molar-refractivity contribution < 1.29 is 9.53 Å². The molecule has 0 aliphatic carbocycles. The van der Waals surface area contributed by atoms with Crippen LogP contribution < -0.4 is 0 Å². The summed E-state index contributed by atoms with van der Waals surface area (Å²) in [6.45, 7) is 7.78. The second kappa shape index (κ2) is 10.2. The second-order valence-electron chi connectivity index (χ2n) is 8.91. The fourth-order valence-corrected chi connectivity index (χ4v) is 5.48. The molecule has 1 saturated heterocycles. The number of hydrogen-bond donors (Lipinski definition) is 0. The van der Waals surface area contributed by atoms with Crippen molar-refractivity contribution in [2.24, 2.45) is 0 Å². The van der Waals surface area contributed by atoms with Crippen LogP contribution in [0, 0.1) is 20.8 Å². The molecule has 4 aromatic rings. The predicted octanol–water partition coefficient (Wildman–Crippen LogP) is 5.21. The number of carbonyl (C=O) groups is 1. The lowest BCUT2D eigenvalue weighted by Crippen LogP contribution is -2.17. The smallest absolute Gasteiger partial charge is 0.196 e. The van der Waals surface area contributed by atoms with Crippen molar-refractivity contribution in [2.75, 3.05) is 12.4 Å². The Morgan fingerprint density at radius 3 is 2.66 bits per heavy atom. The van der Waals surface area contributed by atoms with Gasteiger partial charge in [0.25, 0.3) is 0 Å². The van der Waals surface area contributed by atoms with Crippen LogP contribution in [0.1, 0.15) is 40.2 Å². The number of ether oxygens (including phenoxy) is 1. The summed E-state index contributed by atoms with van der Waals surface area (Å²) < 4.78 is 10.1. The zero-order chi connectivity index (χ0) is 24.4. The lowest BCUT2D eigenvalue weighted by molar-refractivity contribution is 0.0957. The van der Waals surface area contributed by atoms with Crippen LogP contribution in [0.4, 0.5) is 0 Å². The zero-order valence-electron chi connectivity index (χ0n) is 20.3. The Morgan fingerprint density at radius 2 is 1.91 bits per heavy atom. The van der Waals surface area contributed by atoms with Crippen molar-refractivity contribution in [3.05, 3.63) is 77.4 Å². The van der Waals surface area contributed by atoms with Crippen molar-refractivity contribution in [1.29, 1.82) is 0 Å². The fourth-order valence-electron chi connectivity index (χ4n) is 4.65. The Labute approximate surface area is 209 Å². The minimum atomic E-state index is 0.0893. The number of pyridine rings is 1. The molecular weight excluding hydrogens is 458 g/mol. The van der Waals surface area contributed by atoms with Gasteiger partial charge < -0.3 is 9.30 Å². The number of nitrogens with zero attached hydrogens (tertiary/aromatic N) is 5. The topological polar surface area (TPSA) is 74.8 Å². The molecule has 5 rings (SSSR count). The van der Waals surface area contributed by atoms with Gasteiger partial charge in [-0.1, -0.05) is 30.0 Å². The first-order valence-corrected chi connectivity index (χ1v) is 12.9. The molecule has 1 aliphatic rings. The molecule has 8 heteroatoms. The number of aryl methyl sites for hydroxylation is 2. The highest BCUT2D eigenvalue weighted by atomic mass is 32.2. The zero-order valence-corrected chi connectivity index (χ0v) is 21.1. The van der Waals surface area contributed by atoms with E-state index in [1.807, 2.05) is 47.9 Å². The highest BCUT2D eigenvalue weighted by molar-refractivity contribution is 7.99. The number of para-hydroxylation sites is 1. The van der Waals surface area contributed by atoms with Gasteiger partial charge in [-0.25, -0.2) is 0 Å². The molecule has 0 bridgehead atoms. The molecule has 1 unspecified atom stereocenters. The van der Waals surface area contributed by atoms with Crippen molar-refractivity contribution in [1.82, 2.24) is 24.3 Å². The van der Waals surface area contributed by atoms with E-state index in [1.54, 1.807) is 12.4 Å². The van der Waals surface area contributed by atoms with Crippen LogP contribution in [0.5, 0.6) is 0 Å². The van der Waals surface area contributed by atoms with Crippen molar-refractivity contribution >= 4 is 17.5 Å². The maximum Gasteiger partial charge on any atom is 0.196 e. The van der Waals surface area contributed by atoms with Gasteiger partial charge in [0.15, 0.2) is 16.8 Å². The van der Waals surface area contributed by atoms with Gasteiger partial charge in [-0.05, 0) is 63.4 Å². The average molecular weight is 488 g/mol. The van der Waals surface area contributed by atoms with E-state index in [2.05, 4.69) is 39.7 Å². The standard InChI is InChI=1S/C27H29N5O2S/c1-18-7-4-5-9-24(18)32-26(21-10-12-28-13-11-21)29-30-27(32)35-17-25(33)23-15-19(2)31(20(23)3)16-22-8-6-14-34-22/h4-5,7,9-13,15,22H,6,8,14,16-17H2,1-3H3. The van der Waals surface area contributed by atoms with E-state index in [9.17, 15) is 4.79 Å². The normalized spacial score (nSPS) is 15.6. The quantitative estimate of drug-likeness (QED) is 0.251. The summed E-state index contributed by atoms with van der Waals surface area (Å²) in [7, 11) is 0. The molecule has 0 N–H and O–H groups in total. The van der Waals surface area contributed by atoms with Crippen molar-refractivity contribution in [3.63, 3.8) is 0 Å². The van der Waals surface area contributed by atoms with E-state index in [0.717, 1.165) is 65.6 Å². The summed E-state index contributed by atoms with van der Waals surface area (Å²) in [5, 5.41) is 9.64. The molecule has 0 amide bonds. The minimum absolute atomic E-state index is 0.0893. The van der Waals surface area contributed by atoms with Crippen LogP contribution in [0.2, 0.25) is 0 Å². The summed E-state index contributed by atoms with van der Waals surface area (Å²) in [4.78, 5) is 17.4. The molecule has 0 radical (unpaired) electrons. The van der Waals surface area contributed by atoms with Crippen LogP contribution in [-0.2, 0) is 11.3 Å². The first-order valence-electron chi connectivity index (χ1n) is 11.9. The maximum absolute atomic E-state index is 13.3. The Hall–Kier alpha value is -3.23. The molecule has 3 aromatic heterocycles. The monoisotopic (exact) mass is 487 g/mol. The van der Waals surface area contributed by atoms with Gasteiger partial charge in [0.2, 0.25) is 0 Å². The van der Waals surface area contributed by atoms with E-state index in [4.69, 9.17) is 4.74 Å². The molecule has 0 saturated carbocycles. The molecule has 4 heterocycles. The van der Waals surface area contributed by atoms with E-state index >= 15 is 0 Å². The van der Waals surface area contributed by atoms with E-state index in [-0.39, 0.29) is 17.6 Å². The van der Waals surface area contributed by atoms with E-state index in [1.165, 1.54) is 11.8 Å². The van der Waals surface area contributed by atoms with Crippen LogP contribution >= 0.6 is 11.8 Å². The summed E-state index contributed by atoms with van der Waals surface area (Å²) in [5.41, 5.74) is 5.88. The number of thioether (sulfide) groups is 1. The number of rotatable bonds is 8. The third-order valence-corrected chi connectivity index (χ3v) is 7.47. The SMILES string of the molecule is Cc1ccccc1-n1c(SCC(=O)c2cc(C)n(CC3CCCO3)c2C)nnc1-c1ccncc1. The number of ketones is 1. The Balaban J connectivity index is 1.41. The number of Topliss-reactive ketones (excluding diaryl/α,β-unsaturated/α-hetero) is 1. The molecule has 180 valence electrons. The van der Waals surface area contributed by atoms with E-state index in [0.29, 0.717) is 5.16 Å². The van der Waals surface area contributed by atoms with Gasteiger partial charge in [-0.15, -0.1) is 10.2 Å². The molecule has 7 nitrogen and oxygen atoms in total. The third-order valence-electron chi connectivity index (χ3n) is 6.54. The van der Waals surface area contributed by atoms with Crippen LogP contribution in [0.25, 0.3) is 17.1 Å². The Kier molecular flexibility index (Phi) is 6.83. The number of benzene rings is 1. The first kappa shape index (κ1) is 23.5. The van der Waals surface area contributed by atoms with Gasteiger partial charge in [0.05, 0.1) is 17.5 Å². The summed E-state index contributed by atoms with van der Waals surface area (Å²) in [6.07, 6.45) is 5.90. The molecule has 1 fully saturated rings. The van der Waals surface area contributed by atoms with Crippen LogP contribution in [0.3, 0.4) is 0 Å². The van der Waals surface area contributed by atoms with Crippen molar-refractivity contribution in [2.45, 2.75) is 51.4 Å². The fraction of sp³-hybridized carbons (Fsp3) is 0.333. The van der Waals surface area contributed by atoms with Gasteiger partial charge in [-0.3, -0.25) is 14.3 Å². The first-order chi connectivity index (χ1) is 17.0. The number of carbonyl (C=O) groups excluding carboxylic acids is 1. The third kappa shape index (κ3) is 4.81. The van der Waals surface area contributed by atoms with Crippen molar-refractivity contribution in [3.8, 4) is 17.1 Å². The molecule has 1 aliphatic heterocycles. The largest absolute Gasteiger partial charge is 0.376 e. The highest BCUT2D eigenvalue weighted by Gasteiger charge is 2.23. The molecular formula is C27H29N5O2S. The summed E-state index contributed by atoms with van der Waals surface area (Å²) in [6, 6.07) is 14.0. The lowest BCUT2D eigenvalue weighted by atomic mass is 10.2. The van der Waals surface area contributed by atoms with E-state index < -0.39 is 0 Å². The Bertz CT molecular complexity index is 1340. The molecule has 1 aromatic carbocycles. The number of hydrogen-bond acceptors (Lipinski definition) is 6. The van der Waals surface area contributed by atoms with Gasteiger partial charge in [-0.2, -0.15) is 0 Å². The van der Waals surface area contributed by atoms with Gasteiger partial charge in [0.1, 0.15) is 0 Å². The van der Waals surface area contributed by atoms with Crippen LogP contribution in [-0.4, -0.2) is 48.6 Å². The van der Waals surface area contributed by atoms with Crippen LogP contribution in [0.15, 0.2) is 60.0 Å². The molecule has 1 atom stereocenters. The Morgan fingerprint density at radius 1 is 1.11 bits per heavy atom. The predicted molar refractivity (Wildman–Crippen MR) is 137 cm³/mol. The van der Waals surface area contributed by atoms with Gasteiger partial charge in [0, 0.05) is 48.1 Å². The second-order valence-corrected chi connectivity index (χ2v) is 9.85.